The number of benzene rings is 1. The van der Waals surface area contributed by atoms with Crippen molar-refractivity contribution in [2.75, 3.05) is 72.6 Å². The predicted molar refractivity (Wildman–Crippen MR) is 175 cm³/mol. The van der Waals surface area contributed by atoms with Crippen molar-refractivity contribution < 1.29 is 28.5 Å². The number of nitrogens with two attached hydrogens (primary N) is 1. The number of aliphatic imine (C=N–C) groups is 1. The molecule has 3 aromatic rings. The maximum absolute atomic E-state index is 13.2. The van der Waals surface area contributed by atoms with Gasteiger partial charge in [-0.05, 0) is 44.9 Å². The molecule has 1 atom stereocenters. The number of fused-ring (bicyclic) bond motifs is 3. The molecule has 1 aliphatic rings. The van der Waals surface area contributed by atoms with Gasteiger partial charge in [0, 0.05) is 47.0 Å². The Hall–Kier alpha value is -2.55. The van der Waals surface area contributed by atoms with Gasteiger partial charge in [-0.15, -0.1) is 21.5 Å². The number of nitrogens with zero attached hydrogens (tertiary/aromatic N) is 4. The Balaban J connectivity index is 1.20. The smallest absolute Gasteiger partial charge is 0.163 e. The van der Waals surface area contributed by atoms with Gasteiger partial charge in [0.15, 0.2) is 5.82 Å². The third-order valence-corrected chi connectivity index (χ3v) is 8.72. The van der Waals surface area contributed by atoms with Crippen molar-refractivity contribution in [3.05, 3.63) is 62.5 Å². The second-order valence-corrected chi connectivity index (χ2v) is 12.2. The highest BCUT2D eigenvalue weighted by molar-refractivity contribution is 7.15. The van der Waals surface area contributed by atoms with Gasteiger partial charge in [0.1, 0.15) is 22.7 Å². The monoisotopic (exact) mass is 661 g/mol. The fourth-order valence-electron chi connectivity index (χ4n) is 4.89. The van der Waals surface area contributed by atoms with Gasteiger partial charge in [-0.25, -0.2) is 0 Å². The fourth-order valence-corrected chi connectivity index (χ4v) is 6.23. The molecule has 0 spiro atoms. The van der Waals surface area contributed by atoms with E-state index in [-0.39, 0.29) is 12.2 Å². The van der Waals surface area contributed by atoms with Crippen molar-refractivity contribution in [3.63, 3.8) is 0 Å². The summed E-state index contributed by atoms with van der Waals surface area (Å²) in [5, 5.41) is 10.5. The lowest BCUT2D eigenvalue weighted by molar-refractivity contribution is -0.119. The van der Waals surface area contributed by atoms with Crippen molar-refractivity contribution in [3.8, 4) is 5.00 Å². The molecule has 0 unspecified atom stereocenters. The van der Waals surface area contributed by atoms with E-state index >= 15 is 0 Å². The van der Waals surface area contributed by atoms with Crippen LogP contribution in [0.25, 0.3) is 5.00 Å². The Bertz CT molecular complexity index is 1390. The first-order chi connectivity index (χ1) is 21.9. The molecular weight excluding hydrogens is 618 g/mol. The molecule has 0 amide bonds. The largest absolute Gasteiger partial charge is 0.379 e. The van der Waals surface area contributed by atoms with Gasteiger partial charge in [0.2, 0.25) is 0 Å². The number of rotatable bonds is 21. The molecule has 45 heavy (non-hydrogen) atoms. The predicted octanol–water partition coefficient (Wildman–Crippen LogP) is 4.58. The summed E-state index contributed by atoms with van der Waals surface area (Å²) in [7, 11) is 0. The SMILES string of the molecule is Cc1sc2c(c1C)C(c1ccc(Cl)cc1)=N[C@@H](CC(=O)CCCOCCOCCOCCOCCOCCN)c1nnc(C)n1-2. The van der Waals surface area contributed by atoms with E-state index in [1.165, 1.54) is 4.88 Å². The molecule has 1 aliphatic heterocycles. The molecule has 0 saturated heterocycles. The number of halogens is 1. The van der Waals surface area contributed by atoms with Crippen molar-refractivity contribution in [2.24, 2.45) is 10.7 Å². The minimum absolute atomic E-state index is 0.105. The quantitative estimate of drug-likeness (QED) is 0.163. The molecule has 4 rings (SSSR count). The number of hydrogen-bond acceptors (Lipinski definition) is 11. The van der Waals surface area contributed by atoms with Crippen molar-refractivity contribution in [1.29, 1.82) is 0 Å². The van der Waals surface area contributed by atoms with Crippen LogP contribution in [0.3, 0.4) is 0 Å². The molecule has 0 bridgehead atoms. The number of Topliss-reactive ketones (excluding diaryl/α,β-unsaturated/α-hetero) is 1. The summed E-state index contributed by atoms with van der Waals surface area (Å²) in [6.45, 7) is 11.7. The number of ether oxygens (including phenoxy) is 5. The minimum Gasteiger partial charge on any atom is -0.379 e. The van der Waals surface area contributed by atoms with E-state index in [0.717, 1.165) is 33.2 Å². The lowest BCUT2D eigenvalue weighted by Gasteiger charge is -2.12. The van der Waals surface area contributed by atoms with Crippen LogP contribution >= 0.6 is 22.9 Å². The van der Waals surface area contributed by atoms with Gasteiger partial charge in [0.05, 0.1) is 65.2 Å². The number of thiophene rings is 1. The summed E-state index contributed by atoms with van der Waals surface area (Å²) in [5.74, 6) is 1.56. The summed E-state index contributed by atoms with van der Waals surface area (Å²) in [6, 6.07) is 7.22. The van der Waals surface area contributed by atoms with Crippen LogP contribution < -0.4 is 5.73 Å². The zero-order valence-corrected chi connectivity index (χ0v) is 28.0. The van der Waals surface area contributed by atoms with E-state index < -0.39 is 6.04 Å². The van der Waals surface area contributed by atoms with E-state index in [1.54, 1.807) is 11.3 Å². The van der Waals surface area contributed by atoms with E-state index in [9.17, 15) is 4.79 Å². The molecule has 0 radical (unpaired) electrons. The van der Waals surface area contributed by atoms with Gasteiger partial charge in [-0.1, -0.05) is 23.7 Å². The van der Waals surface area contributed by atoms with Crippen LogP contribution in [0.4, 0.5) is 0 Å². The summed E-state index contributed by atoms with van der Waals surface area (Å²) in [5.41, 5.74) is 9.36. The highest BCUT2D eigenvalue weighted by Gasteiger charge is 2.32. The third-order valence-electron chi connectivity index (χ3n) is 7.27. The molecule has 246 valence electrons. The van der Waals surface area contributed by atoms with E-state index in [0.29, 0.717) is 96.3 Å². The normalized spacial score (nSPS) is 14.2. The Kier molecular flexibility index (Phi) is 14.6. The molecule has 3 heterocycles. The Labute approximate surface area is 274 Å². The fraction of sp³-hybridized carbons (Fsp3) is 0.562. The lowest BCUT2D eigenvalue weighted by Crippen LogP contribution is -2.15. The Morgan fingerprint density at radius 3 is 2.04 bits per heavy atom. The van der Waals surface area contributed by atoms with Gasteiger partial charge >= 0.3 is 0 Å². The lowest BCUT2D eigenvalue weighted by atomic mass is 9.99. The topological polar surface area (TPSA) is 132 Å². The average Bonchev–Trinajstić information content (AvgIpc) is 3.50. The molecule has 0 fully saturated rings. The van der Waals surface area contributed by atoms with E-state index in [2.05, 4.69) is 28.6 Å². The molecule has 13 heteroatoms. The van der Waals surface area contributed by atoms with Gasteiger partial charge in [-0.2, -0.15) is 0 Å². The molecule has 11 nitrogen and oxygen atoms in total. The van der Waals surface area contributed by atoms with Crippen LogP contribution in [-0.4, -0.2) is 98.9 Å². The number of carbonyl (C=O) groups is 1. The second-order valence-electron chi connectivity index (χ2n) is 10.6. The molecule has 0 saturated carbocycles. The Morgan fingerprint density at radius 1 is 0.867 bits per heavy atom. The van der Waals surface area contributed by atoms with Gasteiger partial charge in [0.25, 0.3) is 0 Å². The first-order valence-corrected chi connectivity index (χ1v) is 16.6. The molecule has 2 N–H and O–H groups in total. The molecule has 1 aromatic carbocycles. The van der Waals surface area contributed by atoms with Crippen LogP contribution in [0.2, 0.25) is 5.02 Å². The number of aromatic nitrogens is 3. The Morgan fingerprint density at radius 2 is 1.44 bits per heavy atom. The van der Waals surface area contributed by atoms with Crippen LogP contribution in [-0.2, 0) is 28.5 Å². The summed E-state index contributed by atoms with van der Waals surface area (Å²) in [4.78, 5) is 19.5. The average molecular weight is 662 g/mol. The highest BCUT2D eigenvalue weighted by Crippen LogP contribution is 2.39. The van der Waals surface area contributed by atoms with Gasteiger partial charge in [-0.3, -0.25) is 14.4 Å². The van der Waals surface area contributed by atoms with Crippen molar-refractivity contribution in [1.82, 2.24) is 14.8 Å². The summed E-state index contributed by atoms with van der Waals surface area (Å²) < 4.78 is 29.4. The van der Waals surface area contributed by atoms with E-state index in [1.807, 2.05) is 31.2 Å². The molecular formula is C32H44ClN5O6S. The highest BCUT2D eigenvalue weighted by atomic mass is 35.5. The van der Waals surface area contributed by atoms with Crippen LogP contribution in [0, 0.1) is 20.8 Å². The van der Waals surface area contributed by atoms with Crippen molar-refractivity contribution >= 4 is 34.4 Å². The number of aryl methyl sites for hydroxylation is 2. The first-order valence-electron chi connectivity index (χ1n) is 15.4. The second kappa shape index (κ2) is 18.6. The standard InChI is InChI=1S/C32H44ClN5O6S/c1-22-23(2)45-32-29(22)30(25-6-8-26(33)9-7-25)35-28(31-37-36-24(3)38(31)32)21-27(39)5-4-11-40-13-15-42-17-19-44-20-18-43-16-14-41-12-10-34/h6-9,28H,4-5,10-21,34H2,1-3H3/t28-/m0/s1. The zero-order valence-electron chi connectivity index (χ0n) is 26.4. The van der Waals surface area contributed by atoms with E-state index in [4.69, 9.17) is 46.0 Å². The van der Waals surface area contributed by atoms with Crippen LogP contribution in [0.15, 0.2) is 29.3 Å². The number of ketones is 1. The third kappa shape index (κ3) is 10.2. The maximum Gasteiger partial charge on any atom is 0.163 e. The first kappa shape index (κ1) is 35.3. The molecule has 2 aromatic heterocycles. The van der Waals surface area contributed by atoms with Crippen LogP contribution in [0.5, 0.6) is 0 Å². The summed E-state index contributed by atoms with van der Waals surface area (Å²) >= 11 is 7.89. The number of hydrogen-bond donors (Lipinski definition) is 1. The van der Waals surface area contributed by atoms with Crippen LogP contribution in [0.1, 0.15) is 58.5 Å². The molecule has 0 aliphatic carbocycles. The van der Waals surface area contributed by atoms with Crippen molar-refractivity contribution in [2.45, 2.75) is 46.1 Å². The number of carbonyl (C=O) groups excluding carboxylic acids is 1. The maximum atomic E-state index is 13.2. The summed E-state index contributed by atoms with van der Waals surface area (Å²) in [6.07, 6.45) is 1.25. The minimum atomic E-state index is -0.456. The van der Waals surface area contributed by atoms with Gasteiger partial charge < -0.3 is 29.4 Å². The zero-order chi connectivity index (χ0) is 32.0.